The fourth-order valence-electron chi connectivity index (χ4n) is 4.03. The van der Waals surface area contributed by atoms with Gasteiger partial charge in [-0.25, -0.2) is 15.0 Å². The first-order valence-electron chi connectivity index (χ1n) is 10.4. The lowest BCUT2D eigenvalue weighted by Crippen LogP contribution is -2.36. The molecule has 174 valence electrons. The van der Waals surface area contributed by atoms with Crippen molar-refractivity contribution in [3.8, 4) is 5.69 Å². The summed E-state index contributed by atoms with van der Waals surface area (Å²) < 4.78 is 40.5. The number of carbonyl (C=O) groups excluding carboxylic acids is 1. The first-order chi connectivity index (χ1) is 15.5. The molecule has 4 N–H and O–H groups in total. The van der Waals surface area contributed by atoms with E-state index >= 15 is 0 Å². The monoisotopic (exact) mass is 460 g/mol. The third-order valence-electron chi connectivity index (χ3n) is 5.84. The first kappa shape index (κ1) is 22.7. The number of primary amides is 1. The Labute approximate surface area is 187 Å². The van der Waals surface area contributed by atoms with Gasteiger partial charge in [0.15, 0.2) is 0 Å². The van der Waals surface area contributed by atoms with Gasteiger partial charge >= 0.3 is 6.18 Å². The minimum atomic E-state index is -4.57. The number of benzene rings is 1. The molecule has 0 bridgehead atoms. The van der Waals surface area contributed by atoms with Gasteiger partial charge in [-0.15, -0.1) is 0 Å². The second kappa shape index (κ2) is 8.47. The standard InChI is InChI=1S/C22H23F3N6O2/c1-13-8-15(29-20-27-7-4-17(30-20)22(23,24)25)10-16(9-13)31-11-18(28-12-31)21(33)5-2-14(3-6-21)19(26)32/h4,7-12,14,33H,2-3,5-6H2,1H3,(H2,26,32)(H,27,29,30). The van der Waals surface area contributed by atoms with Crippen LogP contribution < -0.4 is 11.1 Å². The van der Waals surface area contributed by atoms with E-state index in [4.69, 9.17) is 5.73 Å². The fourth-order valence-corrected chi connectivity index (χ4v) is 4.03. The summed E-state index contributed by atoms with van der Waals surface area (Å²) in [5.74, 6) is -0.767. The molecule has 8 nitrogen and oxygen atoms in total. The van der Waals surface area contributed by atoms with Crippen LogP contribution >= 0.6 is 0 Å². The largest absolute Gasteiger partial charge is 0.433 e. The van der Waals surface area contributed by atoms with E-state index in [0.29, 0.717) is 42.8 Å². The molecule has 0 radical (unpaired) electrons. The molecule has 1 amide bonds. The summed E-state index contributed by atoms with van der Waals surface area (Å²) in [4.78, 5) is 23.2. The third-order valence-corrected chi connectivity index (χ3v) is 5.84. The number of hydrogen-bond acceptors (Lipinski definition) is 6. The van der Waals surface area contributed by atoms with E-state index in [-0.39, 0.29) is 17.8 Å². The normalized spacial score (nSPS) is 21.1. The number of amides is 1. The first-order valence-corrected chi connectivity index (χ1v) is 10.4. The van der Waals surface area contributed by atoms with E-state index in [1.54, 1.807) is 29.2 Å². The molecule has 1 aromatic carbocycles. The lowest BCUT2D eigenvalue weighted by atomic mass is 9.77. The second-order valence-electron chi connectivity index (χ2n) is 8.32. The van der Waals surface area contributed by atoms with Crippen LogP contribution in [0.25, 0.3) is 5.69 Å². The number of hydrogen-bond donors (Lipinski definition) is 3. The molecular formula is C22H23F3N6O2. The zero-order valence-corrected chi connectivity index (χ0v) is 17.8. The Kier molecular flexibility index (Phi) is 5.83. The lowest BCUT2D eigenvalue weighted by Gasteiger charge is -2.33. The van der Waals surface area contributed by atoms with E-state index in [9.17, 15) is 23.1 Å². The van der Waals surface area contributed by atoms with E-state index < -0.39 is 17.5 Å². The van der Waals surface area contributed by atoms with Crippen LogP contribution in [0.1, 0.15) is 42.6 Å². The highest BCUT2D eigenvalue weighted by atomic mass is 19.4. The lowest BCUT2D eigenvalue weighted by molar-refractivity contribution is -0.141. The Bertz CT molecular complexity index is 1170. The molecule has 2 heterocycles. The van der Waals surface area contributed by atoms with Crippen molar-refractivity contribution in [1.82, 2.24) is 19.5 Å². The van der Waals surface area contributed by atoms with Crippen molar-refractivity contribution in [2.24, 2.45) is 11.7 Å². The summed E-state index contributed by atoms with van der Waals surface area (Å²) in [5.41, 5.74) is 5.72. The Balaban J connectivity index is 1.56. The Morgan fingerprint density at radius 1 is 1.24 bits per heavy atom. The maximum absolute atomic E-state index is 12.9. The molecule has 0 spiro atoms. The van der Waals surface area contributed by atoms with Crippen LogP contribution in [-0.2, 0) is 16.6 Å². The van der Waals surface area contributed by atoms with Gasteiger partial charge in [0.25, 0.3) is 0 Å². The number of carbonyl (C=O) groups is 1. The zero-order valence-electron chi connectivity index (χ0n) is 17.8. The molecule has 3 aromatic rings. The number of rotatable bonds is 5. The van der Waals surface area contributed by atoms with Crippen LogP contribution in [0, 0.1) is 12.8 Å². The quantitative estimate of drug-likeness (QED) is 0.535. The smallest absolute Gasteiger partial charge is 0.383 e. The average molecular weight is 460 g/mol. The summed E-state index contributed by atoms with van der Waals surface area (Å²) in [6, 6.07) is 6.15. The predicted octanol–water partition coefficient (Wildman–Crippen LogP) is 3.60. The number of aryl methyl sites for hydroxylation is 1. The van der Waals surface area contributed by atoms with Crippen molar-refractivity contribution >= 4 is 17.5 Å². The molecule has 0 atom stereocenters. The highest BCUT2D eigenvalue weighted by Gasteiger charge is 2.38. The number of aliphatic hydroxyl groups is 1. The summed E-state index contributed by atoms with van der Waals surface area (Å²) in [7, 11) is 0. The van der Waals surface area contributed by atoms with E-state index in [0.717, 1.165) is 17.8 Å². The second-order valence-corrected chi connectivity index (χ2v) is 8.32. The number of aromatic nitrogens is 4. The van der Waals surface area contributed by atoms with Gasteiger partial charge < -0.3 is 20.7 Å². The molecule has 33 heavy (non-hydrogen) atoms. The third kappa shape index (κ3) is 4.98. The summed E-state index contributed by atoms with van der Waals surface area (Å²) in [6.07, 6.45) is 1.50. The Morgan fingerprint density at radius 3 is 2.64 bits per heavy atom. The number of imidazole rings is 1. The molecule has 0 aliphatic heterocycles. The SMILES string of the molecule is Cc1cc(Nc2nccc(C(F)(F)F)n2)cc(-n2cnc(C3(O)CCC(C(N)=O)CC3)c2)c1. The fraction of sp³-hybridized carbons (Fsp3) is 0.364. The van der Waals surface area contributed by atoms with Crippen molar-refractivity contribution in [2.75, 3.05) is 5.32 Å². The van der Waals surface area contributed by atoms with E-state index in [1.807, 2.05) is 13.0 Å². The summed E-state index contributed by atoms with van der Waals surface area (Å²) >= 11 is 0. The number of halogens is 3. The summed E-state index contributed by atoms with van der Waals surface area (Å²) in [6.45, 7) is 1.85. The molecule has 2 aromatic heterocycles. The van der Waals surface area contributed by atoms with Crippen molar-refractivity contribution in [3.05, 3.63) is 59.9 Å². The van der Waals surface area contributed by atoms with Gasteiger partial charge in [-0.3, -0.25) is 4.79 Å². The minimum absolute atomic E-state index is 0.173. The van der Waals surface area contributed by atoms with Gasteiger partial charge in [-0.1, -0.05) is 0 Å². The van der Waals surface area contributed by atoms with Gasteiger partial charge in [-0.2, -0.15) is 13.2 Å². The van der Waals surface area contributed by atoms with Crippen LogP contribution in [0.4, 0.5) is 24.8 Å². The van der Waals surface area contributed by atoms with Gasteiger partial charge in [0.05, 0.1) is 12.0 Å². The average Bonchev–Trinajstić information content (AvgIpc) is 3.25. The van der Waals surface area contributed by atoms with Gasteiger partial charge in [0.2, 0.25) is 11.9 Å². The van der Waals surface area contributed by atoms with Crippen molar-refractivity contribution < 1.29 is 23.1 Å². The Hall–Kier alpha value is -3.47. The minimum Gasteiger partial charge on any atom is -0.383 e. The topological polar surface area (TPSA) is 119 Å². The van der Waals surface area contributed by atoms with E-state index in [1.165, 1.54) is 0 Å². The zero-order chi connectivity index (χ0) is 23.8. The molecule has 1 saturated carbocycles. The van der Waals surface area contributed by atoms with Crippen LogP contribution in [0.3, 0.4) is 0 Å². The van der Waals surface area contributed by atoms with Crippen molar-refractivity contribution in [1.29, 1.82) is 0 Å². The van der Waals surface area contributed by atoms with Gasteiger partial charge in [-0.05, 0) is 62.4 Å². The molecule has 0 unspecified atom stereocenters. The van der Waals surface area contributed by atoms with Gasteiger partial charge in [0.1, 0.15) is 11.3 Å². The van der Waals surface area contributed by atoms with Crippen molar-refractivity contribution in [3.63, 3.8) is 0 Å². The maximum atomic E-state index is 12.9. The van der Waals surface area contributed by atoms with E-state index in [2.05, 4.69) is 20.3 Å². The number of anilines is 2. The van der Waals surface area contributed by atoms with Crippen LogP contribution in [0.15, 0.2) is 43.0 Å². The van der Waals surface area contributed by atoms with Crippen molar-refractivity contribution in [2.45, 2.75) is 44.4 Å². The molecule has 1 aliphatic rings. The molecule has 0 saturated heterocycles. The molecule has 4 rings (SSSR count). The highest BCUT2D eigenvalue weighted by molar-refractivity contribution is 5.76. The van der Waals surface area contributed by atoms with Crippen LogP contribution in [0.2, 0.25) is 0 Å². The predicted molar refractivity (Wildman–Crippen MR) is 114 cm³/mol. The Morgan fingerprint density at radius 2 is 1.97 bits per heavy atom. The van der Waals surface area contributed by atoms with Gasteiger partial charge in [0, 0.05) is 29.7 Å². The van der Waals surface area contributed by atoms with Crippen LogP contribution in [-0.4, -0.2) is 30.5 Å². The number of nitrogens with one attached hydrogen (secondary N) is 1. The molecule has 11 heteroatoms. The molecular weight excluding hydrogens is 437 g/mol. The molecule has 1 aliphatic carbocycles. The van der Waals surface area contributed by atoms with Crippen LogP contribution in [0.5, 0.6) is 0 Å². The maximum Gasteiger partial charge on any atom is 0.433 e. The highest BCUT2D eigenvalue weighted by Crippen LogP contribution is 2.39. The number of nitrogens with two attached hydrogens (primary N) is 1. The number of nitrogens with zero attached hydrogens (tertiary/aromatic N) is 4. The molecule has 1 fully saturated rings. The number of alkyl halides is 3. The summed E-state index contributed by atoms with van der Waals surface area (Å²) in [5, 5.41) is 13.9.